The Morgan fingerprint density at radius 3 is 2.59 bits per heavy atom. The van der Waals surface area contributed by atoms with Gasteiger partial charge in [-0.1, -0.05) is 18.2 Å². The van der Waals surface area contributed by atoms with Crippen LogP contribution in [0, 0.1) is 0 Å². The van der Waals surface area contributed by atoms with Gasteiger partial charge in [0.15, 0.2) is 11.5 Å². The van der Waals surface area contributed by atoms with E-state index in [1.54, 1.807) is 11.0 Å². The van der Waals surface area contributed by atoms with E-state index in [-0.39, 0.29) is 5.91 Å². The van der Waals surface area contributed by atoms with Crippen molar-refractivity contribution in [3.8, 4) is 0 Å². The Kier molecular flexibility index (Phi) is 4.04. The highest BCUT2D eigenvalue weighted by atomic mass is 16.2. The first kappa shape index (κ1) is 14.5. The lowest BCUT2D eigenvalue weighted by atomic mass is 10.2. The fraction of sp³-hybridized carbons (Fsp3) is 0.353. The molecule has 0 radical (unpaired) electrons. The number of rotatable bonds is 4. The lowest BCUT2D eigenvalue weighted by molar-refractivity contribution is 0.0766. The smallest absolute Gasteiger partial charge is 0.274 e. The summed E-state index contributed by atoms with van der Waals surface area (Å²) < 4.78 is 0. The van der Waals surface area contributed by atoms with E-state index in [2.05, 4.69) is 33.3 Å². The molecule has 0 spiro atoms. The first-order valence-corrected chi connectivity index (χ1v) is 7.73. The summed E-state index contributed by atoms with van der Waals surface area (Å²) in [5.41, 5.74) is 2.91. The molecule has 0 atom stereocenters. The number of hydrogen-bond acceptors (Lipinski definition) is 4. The van der Waals surface area contributed by atoms with Crippen LogP contribution >= 0.6 is 0 Å². The fourth-order valence-corrected chi connectivity index (χ4v) is 2.83. The van der Waals surface area contributed by atoms with Gasteiger partial charge in [0.1, 0.15) is 0 Å². The predicted molar refractivity (Wildman–Crippen MR) is 86.4 cm³/mol. The summed E-state index contributed by atoms with van der Waals surface area (Å²) >= 11 is 0. The van der Waals surface area contributed by atoms with Crippen LogP contribution in [0.4, 0.5) is 11.5 Å². The van der Waals surface area contributed by atoms with Crippen LogP contribution in [-0.4, -0.2) is 40.6 Å². The van der Waals surface area contributed by atoms with Crippen LogP contribution in [0.3, 0.4) is 0 Å². The number of nitrogens with zero attached hydrogens (tertiary/aromatic N) is 4. The molecule has 22 heavy (non-hydrogen) atoms. The van der Waals surface area contributed by atoms with Crippen LogP contribution in [0.15, 0.2) is 36.4 Å². The van der Waals surface area contributed by atoms with E-state index in [4.69, 9.17) is 0 Å². The Bertz CT molecular complexity index is 665. The van der Waals surface area contributed by atoms with Crippen molar-refractivity contribution in [1.82, 2.24) is 15.1 Å². The van der Waals surface area contributed by atoms with Crippen LogP contribution in [0.2, 0.25) is 0 Å². The Labute approximate surface area is 130 Å². The molecule has 0 fully saturated rings. The van der Waals surface area contributed by atoms with Crippen molar-refractivity contribution >= 4 is 17.4 Å². The zero-order valence-electron chi connectivity index (χ0n) is 13.0. The molecule has 1 aliphatic heterocycles. The summed E-state index contributed by atoms with van der Waals surface area (Å²) in [6.45, 7) is 6.18. The number of carbonyl (C=O) groups is 1. The van der Waals surface area contributed by atoms with Crippen molar-refractivity contribution < 1.29 is 4.79 Å². The van der Waals surface area contributed by atoms with Crippen molar-refractivity contribution in [1.29, 1.82) is 0 Å². The molecule has 2 heterocycles. The van der Waals surface area contributed by atoms with E-state index in [0.717, 1.165) is 18.8 Å². The molecular weight excluding hydrogens is 276 g/mol. The Hall–Kier alpha value is -2.43. The summed E-state index contributed by atoms with van der Waals surface area (Å²) in [6.07, 6.45) is 1.01. The average Bonchev–Trinajstić information content (AvgIpc) is 3.00. The highest BCUT2D eigenvalue weighted by molar-refractivity contribution is 5.92. The van der Waals surface area contributed by atoms with Gasteiger partial charge in [-0.05, 0) is 44.0 Å². The van der Waals surface area contributed by atoms with Gasteiger partial charge >= 0.3 is 0 Å². The van der Waals surface area contributed by atoms with Gasteiger partial charge in [0.05, 0.1) is 0 Å². The van der Waals surface area contributed by atoms with Crippen LogP contribution in [0.5, 0.6) is 0 Å². The molecule has 0 unspecified atom stereocenters. The maximum Gasteiger partial charge on any atom is 0.274 e. The number of benzene rings is 1. The Balaban J connectivity index is 1.82. The molecule has 0 saturated heterocycles. The van der Waals surface area contributed by atoms with Gasteiger partial charge in [-0.15, -0.1) is 10.2 Å². The molecule has 1 aromatic carbocycles. The van der Waals surface area contributed by atoms with Crippen LogP contribution in [0.1, 0.15) is 29.9 Å². The number of para-hydroxylation sites is 1. The highest BCUT2D eigenvalue weighted by Gasteiger charge is 2.22. The monoisotopic (exact) mass is 296 g/mol. The molecule has 0 N–H and O–H groups in total. The fourth-order valence-electron chi connectivity index (χ4n) is 2.83. The molecule has 1 amide bonds. The van der Waals surface area contributed by atoms with Crippen LogP contribution < -0.4 is 4.90 Å². The van der Waals surface area contributed by atoms with Gasteiger partial charge in [-0.2, -0.15) is 0 Å². The summed E-state index contributed by atoms with van der Waals surface area (Å²) in [7, 11) is 0. The number of aromatic nitrogens is 2. The third kappa shape index (κ3) is 2.54. The molecule has 114 valence electrons. The molecule has 0 aliphatic carbocycles. The second-order valence-corrected chi connectivity index (χ2v) is 5.28. The molecule has 1 aliphatic rings. The van der Waals surface area contributed by atoms with E-state index in [9.17, 15) is 4.79 Å². The first-order valence-electron chi connectivity index (χ1n) is 7.73. The Morgan fingerprint density at radius 1 is 1.14 bits per heavy atom. The zero-order chi connectivity index (χ0) is 15.5. The minimum Gasteiger partial charge on any atom is -0.338 e. The maximum atomic E-state index is 12.2. The van der Waals surface area contributed by atoms with Gasteiger partial charge < -0.3 is 9.80 Å². The SMILES string of the molecule is CCN(CC)C(=O)c1ccc(N2CCc3ccccc32)nn1. The molecule has 0 saturated carbocycles. The van der Waals surface area contributed by atoms with Gasteiger partial charge in [0.25, 0.3) is 5.91 Å². The molecular formula is C17H20N4O. The zero-order valence-corrected chi connectivity index (χ0v) is 13.0. The van der Waals surface area contributed by atoms with Gasteiger partial charge in [-0.3, -0.25) is 4.79 Å². The topological polar surface area (TPSA) is 49.3 Å². The lowest BCUT2D eigenvalue weighted by Crippen LogP contribution is -2.31. The summed E-state index contributed by atoms with van der Waals surface area (Å²) in [5.74, 6) is 0.729. The average molecular weight is 296 g/mol. The summed E-state index contributed by atoms with van der Waals surface area (Å²) in [4.78, 5) is 16.1. The van der Waals surface area contributed by atoms with Crippen molar-refractivity contribution in [3.63, 3.8) is 0 Å². The van der Waals surface area contributed by atoms with Gasteiger partial charge in [0.2, 0.25) is 0 Å². The van der Waals surface area contributed by atoms with Crippen molar-refractivity contribution in [2.24, 2.45) is 0 Å². The van der Waals surface area contributed by atoms with Crippen molar-refractivity contribution in [2.75, 3.05) is 24.5 Å². The lowest BCUT2D eigenvalue weighted by Gasteiger charge is -2.19. The standard InChI is InChI=1S/C17H20N4O/c1-3-20(4-2)17(22)14-9-10-16(19-18-14)21-12-11-13-7-5-6-8-15(13)21/h5-10H,3-4,11-12H2,1-2H3. The third-order valence-electron chi connectivity index (χ3n) is 4.08. The van der Waals surface area contributed by atoms with Gasteiger partial charge in [-0.25, -0.2) is 0 Å². The van der Waals surface area contributed by atoms with Crippen LogP contribution in [0.25, 0.3) is 0 Å². The molecule has 3 rings (SSSR count). The second-order valence-electron chi connectivity index (χ2n) is 5.28. The van der Waals surface area contributed by atoms with E-state index in [1.807, 2.05) is 26.0 Å². The number of carbonyl (C=O) groups excluding carboxylic acids is 1. The van der Waals surface area contributed by atoms with E-state index in [0.29, 0.717) is 18.8 Å². The number of hydrogen-bond donors (Lipinski definition) is 0. The Morgan fingerprint density at radius 2 is 1.91 bits per heavy atom. The minimum absolute atomic E-state index is 0.0640. The normalized spacial score (nSPS) is 13.1. The maximum absolute atomic E-state index is 12.2. The van der Waals surface area contributed by atoms with Crippen molar-refractivity contribution in [3.05, 3.63) is 47.7 Å². The quantitative estimate of drug-likeness (QED) is 0.870. The molecule has 5 nitrogen and oxygen atoms in total. The van der Waals surface area contributed by atoms with E-state index >= 15 is 0 Å². The van der Waals surface area contributed by atoms with E-state index < -0.39 is 0 Å². The highest BCUT2D eigenvalue weighted by Crippen LogP contribution is 2.32. The predicted octanol–water partition coefficient (Wildman–Crippen LogP) is 2.65. The largest absolute Gasteiger partial charge is 0.338 e. The van der Waals surface area contributed by atoms with Crippen molar-refractivity contribution in [2.45, 2.75) is 20.3 Å². The molecule has 2 aromatic rings. The van der Waals surface area contributed by atoms with Crippen LogP contribution in [-0.2, 0) is 6.42 Å². The number of amides is 1. The first-order chi connectivity index (χ1) is 10.7. The second kappa shape index (κ2) is 6.13. The number of fused-ring (bicyclic) bond motifs is 1. The summed E-state index contributed by atoms with van der Waals surface area (Å²) in [6, 6.07) is 12.0. The minimum atomic E-state index is -0.0640. The summed E-state index contributed by atoms with van der Waals surface area (Å²) in [5, 5.41) is 8.39. The third-order valence-corrected chi connectivity index (χ3v) is 4.08. The van der Waals surface area contributed by atoms with Gasteiger partial charge in [0, 0.05) is 25.3 Å². The molecule has 0 bridgehead atoms. The molecule has 5 heteroatoms. The van der Waals surface area contributed by atoms with E-state index in [1.165, 1.54) is 11.3 Å². The number of anilines is 2. The molecule has 1 aromatic heterocycles.